The summed E-state index contributed by atoms with van der Waals surface area (Å²) in [4.78, 5) is 14.5. The average Bonchev–Trinajstić information content (AvgIpc) is 2.43. The van der Waals surface area contributed by atoms with E-state index in [0.29, 0.717) is 6.04 Å². The van der Waals surface area contributed by atoms with Crippen LogP contribution in [0.25, 0.3) is 0 Å². The minimum absolute atomic E-state index is 0.00285. The van der Waals surface area contributed by atoms with Gasteiger partial charge in [0, 0.05) is 6.04 Å². The van der Waals surface area contributed by atoms with Crippen LogP contribution in [0.1, 0.15) is 58.3 Å². The Morgan fingerprint density at radius 1 is 1.33 bits per heavy atom. The fourth-order valence-electron chi connectivity index (χ4n) is 3.87. The lowest BCUT2D eigenvalue weighted by molar-refractivity contribution is -0.129. The maximum atomic E-state index is 12.0. The van der Waals surface area contributed by atoms with Crippen molar-refractivity contribution in [1.82, 2.24) is 10.3 Å². The molecule has 18 heavy (non-hydrogen) atoms. The number of amides is 1. The van der Waals surface area contributed by atoms with Crippen LogP contribution in [0.4, 0.5) is 0 Å². The van der Waals surface area contributed by atoms with Crippen molar-refractivity contribution in [1.29, 1.82) is 0 Å². The number of hydrogen-bond donors (Lipinski definition) is 2. The molecule has 0 radical (unpaired) electrons. The molecule has 104 valence electrons. The molecule has 3 atom stereocenters. The second-order valence-corrected chi connectivity index (χ2v) is 5.81. The number of likely N-dealkylation sites (tertiary alicyclic amines) is 1. The number of carbonyl (C=O) groups is 1. The van der Waals surface area contributed by atoms with Gasteiger partial charge in [-0.15, -0.1) is 0 Å². The van der Waals surface area contributed by atoms with Crippen LogP contribution in [-0.4, -0.2) is 29.4 Å². The summed E-state index contributed by atoms with van der Waals surface area (Å²) in [5.41, 5.74) is 2.36. The molecule has 0 aromatic heterocycles. The van der Waals surface area contributed by atoms with Crippen molar-refractivity contribution in [3.05, 3.63) is 0 Å². The summed E-state index contributed by atoms with van der Waals surface area (Å²) >= 11 is 0. The third kappa shape index (κ3) is 2.86. The van der Waals surface area contributed by atoms with Crippen molar-refractivity contribution in [3.8, 4) is 0 Å². The van der Waals surface area contributed by atoms with Gasteiger partial charge < -0.3 is 0 Å². The molecule has 2 rings (SSSR count). The average molecular weight is 253 g/mol. The van der Waals surface area contributed by atoms with E-state index in [1.54, 1.807) is 0 Å². The molecule has 0 bridgehead atoms. The number of hydrogen-bond acceptors (Lipinski definition) is 3. The Kier molecular flexibility index (Phi) is 5.01. The number of hydrazine groups is 1. The van der Waals surface area contributed by atoms with Crippen LogP contribution in [0.15, 0.2) is 0 Å². The van der Waals surface area contributed by atoms with Crippen LogP contribution in [-0.2, 0) is 4.79 Å². The highest BCUT2D eigenvalue weighted by atomic mass is 16.2. The Morgan fingerprint density at radius 3 is 2.78 bits per heavy atom. The number of carbonyl (C=O) groups excluding carboxylic acids is 1. The van der Waals surface area contributed by atoms with Gasteiger partial charge in [-0.1, -0.05) is 26.2 Å². The van der Waals surface area contributed by atoms with Crippen molar-refractivity contribution >= 4 is 5.91 Å². The largest absolute Gasteiger partial charge is 0.293 e. The van der Waals surface area contributed by atoms with Gasteiger partial charge in [-0.25, -0.2) is 5.84 Å². The third-order valence-electron chi connectivity index (χ3n) is 4.69. The second kappa shape index (κ2) is 6.53. The van der Waals surface area contributed by atoms with E-state index in [2.05, 4.69) is 17.2 Å². The number of piperidine rings is 1. The first-order valence-corrected chi connectivity index (χ1v) is 7.54. The van der Waals surface area contributed by atoms with E-state index in [9.17, 15) is 4.79 Å². The normalized spacial score (nSPS) is 30.6. The van der Waals surface area contributed by atoms with Crippen LogP contribution in [0, 0.1) is 5.92 Å². The highest BCUT2D eigenvalue weighted by molar-refractivity contribution is 5.81. The van der Waals surface area contributed by atoms with Crippen molar-refractivity contribution in [3.63, 3.8) is 0 Å². The Labute approximate surface area is 110 Å². The maximum Gasteiger partial charge on any atom is 0.251 e. The molecule has 1 amide bonds. The van der Waals surface area contributed by atoms with Gasteiger partial charge in [-0.2, -0.15) is 0 Å². The first kappa shape index (κ1) is 13.8. The highest BCUT2D eigenvalue weighted by Crippen LogP contribution is 2.36. The zero-order valence-electron chi connectivity index (χ0n) is 11.5. The number of nitrogens with one attached hydrogen (secondary N) is 1. The SMILES string of the molecule is CCCC(C(=O)NN)N1CCC[C@H]2CCCC[C@H]21. The van der Waals surface area contributed by atoms with Crippen LogP contribution < -0.4 is 11.3 Å². The lowest BCUT2D eigenvalue weighted by Gasteiger charge is -2.47. The zero-order chi connectivity index (χ0) is 13.0. The summed E-state index contributed by atoms with van der Waals surface area (Å²) < 4.78 is 0. The van der Waals surface area contributed by atoms with Crippen molar-refractivity contribution in [2.24, 2.45) is 11.8 Å². The molecule has 0 spiro atoms. The van der Waals surface area contributed by atoms with Gasteiger partial charge in [0.15, 0.2) is 0 Å². The minimum atomic E-state index is -0.00843. The fraction of sp³-hybridized carbons (Fsp3) is 0.929. The Hall–Kier alpha value is -0.610. The highest BCUT2D eigenvalue weighted by Gasteiger charge is 2.38. The van der Waals surface area contributed by atoms with E-state index in [1.807, 2.05) is 0 Å². The van der Waals surface area contributed by atoms with Gasteiger partial charge in [-0.3, -0.25) is 15.1 Å². The minimum Gasteiger partial charge on any atom is -0.293 e. The Balaban J connectivity index is 2.09. The van der Waals surface area contributed by atoms with Gasteiger partial charge in [0.2, 0.25) is 0 Å². The molecule has 3 N–H and O–H groups in total. The van der Waals surface area contributed by atoms with Crippen LogP contribution >= 0.6 is 0 Å². The first-order chi connectivity index (χ1) is 8.77. The van der Waals surface area contributed by atoms with E-state index in [4.69, 9.17) is 5.84 Å². The molecule has 2 aliphatic rings. The molecule has 4 heteroatoms. The van der Waals surface area contributed by atoms with E-state index < -0.39 is 0 Å². The number of fused-ring (bicyclic) bond motifs is 1. The van der Waals surface area contributed by atoms with E-state index in [1.165, 1.54) is 38.5 Å². The molecule has 4 nitrogen and oxygen atoms in total. The summed E-state index contributed by atoms with van der Waals surface area (Å²) in [5.74, 6) is 6.17. The number of nitrogens with zero attached hydrogens (tertiary/aromatic N) is 1. The molecule has 2 fully saturated rings. The predicted molar refractivity (Wildman–Crippen MR) is 72.7 cm³/mol. The molecule has 1 heterocycles. The molecule has 1 aliphatic heterocycles. The maximum absolute atomic E-state index is 12.0. The fourth-order valence-corrected chi connectivity index (χ4v) is 3.87. The number of rotatable bonds is 4. The predicted octanol–water partition coefficient (Wildman–Crippen LogP) is 1.80. The third-order valence-corrected chi connectivity index (χ3v) is 4.69. The van der Waals surface area contributed by atoms with Crippen LogP contribution in [0.3, 0.4) is 0 Å². The molecular weight excluding hydrogens is 226 g/mol. The molecule has 1 aliphatic carbocycles. The molecular formula is C14H27N3O. The molecule has 1 unspecified atom stereocenters. The zero-order valence-corrected chi connectivity index (χ0v) is 11.5. The Bertz CT molecular complexity index is 280. The van der Waals surface area contributed by atoms with Gasteiger partial charge >= 0.3 is 0 Å². The number of nitrogens with two attached hydrogens (primary N) is 1. The quantitative estimate of drug-likeness (QED) is 0.456. The topological polar surface area (TPSA) is 58.4 Å². The summed E-state index contributed by atoms with van der Waals surface area (Å²) in [5, 5.41) is 0. The standard InChI is InChI=1S/C14H27N3O/c1-2-6-13(14(18)16-15)17-10-5-8-11-7-3-4-9-12(11)17/h11-13H,2-10,15H2,1H3,(H,16,18)/t11-,12-,13?/m1/s1. The van der Waals surface area contributed by atoms with Crippen molar-refractivity contribution in [2.75, 3.05) is 6.54 Å². The van der Waals surface area contributed by atoms with Crippen LogP contribution in [0.5, 0.6) is 0 Å². The summed E-state index contributed by atoms with van der Waals surface area (Å²) in [6, 6.07) is 0.618. The molecule has 0 aromatic carbocycles. The molecule has 0 aromatic rings. The van der Waals surface area contributed by atoms with Crippen molar-refractivity contribution < 1.29 is 4.79 Å². The first-order valence-electron chi connectivity index (χ1n) is 7.54. The van der Waals surface area contributed by atoms with E-state index >= 15 is 0 Å². The summed E-state index contributed by atoms with van der Waals surface area (Å²) in [7, 11) is 0. The van der Waals surface area contributed by atoms with Gasteiger partial charge in [0.1, 0.15) is 0 Å². The molecule has 1 saturated carbocycles. The van der Waals surface area contributed by atoms with E-state index in [-0.39, 0.29) is 11.9 Å². The lowest BCUT2D eigenvalue weighted by atomic mass is 9.77. The molecule has 1 saturated heterocycles. The Morgan fingerprint density at radius 2 is 2.06 bits per heavy atom. The summed E-state index contributed by atoms with van der Waals surface area (Å²) in [6.07, 6.45) is 9.85. The monoisotopic (exact) mass is 253 g/mol. The second-order valence-electron chi connectivity index (χ2n) is 5.81. The smallest absolute Gasteiger partial charge is 0.251 e. The van der Waals surface area contributed by atoms with Crippen LogP contribution in [0.2, 0.25) is 0 Å². The van der Waals surface area contributed by atoms with Gasteiger partial charge in [0.05, 0.1) is 6.04 Å². The van der Waals surface area contributed by atoms with Gasteiger partial charge in [0.25, 0.3) is 5.91 Å². The van der Waals surface area contributed by atoms with E-state index in [0.717, 1.165) is 25.3 Å². The summed E-state index contributed by atoms with van der Waals surface area (Å²) in [6.45, 7) is 3.21. The lowest BCUT2D eigenvalue weighted by Crippen LogP contribution is -2.57. The van der Waals surface area contributed by atoms with Crippen molar-refractivity contribution in [2.45, 2.75) is 70.4 Å². The van der Waals surface area contributed by atoms with Gasteiger partial charge in [-0.05, 0) is 44.6 Å².